The van der Waals surface area contributed by atoms with Crippen LogP contribution >= 0.6 is 0 Å². The van der Waals surface area contributed by atoms with E-state index in [0.717, 1.165) is 4.90 Å². The number of aliphatic hydroxyl groups is 1. The first kappa shape index (κ1) is 11.9. The minimum Gasteiger partial charge on any atom is -0.480 e. The van der Waals surface area contributed by atoms with Crippen molar-refractivity contribution in [3.63, 3.8) is 0 Å². The molecule has 0 aromatic carbocycles. The van der Waals surface area contributed by atoms with Gasteiger partial charge in [0.05, 0.1) is 6.10 Å². The summed E-state index contributed by atoms with van der Waals surface area (Å²) in [6.07, 6.45) is -0.663. The number of carbonyl (C=O) groups excluding carboxylic acids is 1. The van der Waals surface area contributed by atoms with E-state index in [1.165, 1.54) is 0 Å². The highest BCUT2D eigenvalue weighted by Gasteiger charge is 2.38. The summed E-state index contributed by atoms with van der Waals surface area (Å²) >= 11 is 0. The van der Waals surface area contributed by atoms with Gasteiger partial charge in [0.15, 0.2) is 0 Å². The molecule has 2 N–H and O–H groups in total. The summed E-state index contributed by atoms with van der Waals surface area (Å²) in [5.74, 6) is -1.47. The molecular formula is C9H15NO5. The van der Waals surface area contributed by atoms with E-state index in [1.807, 2.05) is 0 Å². The number of aliphatic carboxylic acids is 1. The van der Waals surface area contributed by atoms with Gasteiger partial charge in [0.1, 0.15) is 12.6 Å². The molecule has 1 fully saturated rings. The number of likely N-dealkylation sites (tertiary alicyclic amines) is 1. The van der Waals surface area contributed by atoms with Crippen LogP contribution in [0.1, 0.15) is 13.3 Å². The van der Waals surface area contributed by atoms with Crippen LogP contribution in [-0.4, -0.2) is 58.9 Å². The molecule has 15 heavy (non-hydrogen) atoms. The molecule has 1 aliphatic heterocycles. The van der Waals surface area contributed by atoms with E-state index < -0.39 is 18.1 Å². The zero-order valence-corrected chi connectivity index (χ0v) is 8.55. The average molecular weight is 217 g/mol. The van der Waals surface area contributed by atoms with Crippen LogP contribution in [0.3, 0.4) is 0 Å². The molecule has 1 heterocycles. The number of hydrogen-bond acceptors (Lipinski definition) is 4. The molecule has 0 saturated carbocycles. The van der Waals surface area contributed by atoms with E-state index in [0.29, 0.717) is 6.61 Å². The van der Waals surface area contributed by atoms with Crippen molar-refractivity contribution in [1.82, 2.24) is 4.90 Å². The third kappa shape index (κ3) is 2.90. The molecule has 1 saturated heterocycles. The Morgan fingerprint density at radius 3 is 2.73 bits per heavy atom. The molecule has 0 unspecified atom stereocenters. The minimum absolute atomic E-state index is 0.0723. The number of carbonyl (C=O) groups is 2. The third-order valence-corrected chi connectivity index (χ3v) is 2.31. The lowest BCUT2D eigenvalue weighted by Gasteiger charge is -2.20. The number of ether oxygens (including phenoxy) is 1. The van der Waals surface area contributed by atoms with Gasteiger partial charge < -0.3 is 19.8 Å². The van der Waals surface area contributed by atoms with Crippen molar-refractivity contribution < 1.29 is 24.5 Å². The number of carboxylic acids is 1. The molecule has 0 aromatic heterocycles. The number of carboxylic acid groups (broad SMARTS) is 1. The van der Waals surface area contributed by atoms with Crippen LogP contribution in [0.2, 0.25) is 0 Å². The summed E-state index contributed by atoms with van der Waals surface area (Å²) in [5, 5.41) is 18.1. The van der Waals surface area contributed by atoms with Crippen LogP contribution in [0.25, 0.3) is 0 Å². The van der Waals surface area contributed by atoms with E-state index in [4.69, 9.17) is 9.84 Å². The SMILES string of the molecule is CCOCC(=O)N1C[C@@H](O)C[C@H]1C(=O)O. The van der Waals surface area contributed by atoms with Crippen LogP contribution in [0.15, 0.2) is 0 Å². The van der Waals surface area contributed by atoms with Crippen molar-refractivity contribution in [2.75, 3.05) is 19.8 Å². The zero-order valence-electron chi connectivity index (χ0n) is 8.55. The molecule has 0 spiro atoms. The Balaban J connectivity index is 2.58. The van der Waals surface area contributed by atoms with Gasteiger partial charge in [0, 0.05) is 19.6 Å². The van der Waals surface area contributed by atoms with Crippen LogP contribution in [0.4, 0.5) is 0 Å². The van der Waals surface area contributed by atoms with Gasteiger partial charge in [0.2, 0.25) is 5.91 Å². The zero-order chi connectivity index (χ0) is 11.4. The molecule has 1 aliphatic rings. The Kier molecular flexibility index (Phi) is 4.05. The van der Waals surface area contributed by atoms with Gasteiger partial charge >= 0.3 is 5.97 Å². The summed E-state index contributed by atoms with van der Waals surface area (Å²) < 4.78 is 4.91. The predicted molar refractivity (Wildman–Crippen MR) is 50.3 cm³/mol. The van der Waals surface area contributed by atoms with Crippen molar-refractivity contribution in [3.8, 4) is 0 Å². The Labute approximate surface area is 87.4 Å². The molecule has 6 heteroatoms. The van der Waals surface area contributed by atoms with E-state index in [9.17, 15) is 14.7 Å². The first-order valence-corrected chi connectivity index (χ1v) is 4.84. The molecule has 0 bridgehead atoms. The maximum absolute atomic E-state index is 11.5. The van der Waals surface area contributed by atoms with Crippen LogP contribution in [0, 0.1) is 0 Å². The normalized spacial score (nSPS) is 25.6. The Hall–Kier alpha value is -1.14. The number of rotatable bonds is 4. The Morgan fingerprint density at radius 1 is 1.53 bits per heavy atom. The molecule has 1 amide bonds. The fourth-order valence-corrected chi connectivity index (χ4v) is 1.60. The van der Waals surface area contributed by atoms with Gasteiger partial charge in [-0.15, -0.1) is 0 Å². The van der Waals surface area contributed by atoms with Crippen LogP contribution in [0.5, 0.6) is 0 Å². The molecule has 6 nitrogen and oxygen atoms in total. The maximum Gasteiger partial charge on any atom is 0.326 e. The van der Waals surface area contributed by atoms with E-state index in [-0.39, 0.29) is 25.5 Å². The lowest BCUT2D eigenvalue weighted by atomic mass is 10.2. The first-order chi connectivity index (χ1) is 7.06. The second kappa shape index (κ2) is 5.09. The molecule has 86 valence electrons. The smallest absolute Gasteiger partial charge is 0.326 e. The van der Waals surface area contributed by atoms with Gasteiger partial charge in [-0.3, -0.25) is 4.79 Å². The predicted octanol–water partition coefficient (Wildman–Crippen LogP) is -0.931. The first-order valence-electron chi connectivity index (χ1n) is 4.84. The standard InChI is InChI=1S/C9H15NO5/c1-2-15-5-8(12)10-4-6(11)3-7(10)9(13)14/h6-7,11H,2-5H2,1H3,(H,13,14)/t6-,7-/m0/s1. The van der Waals surface area contributed by atoms with Crippen LogP contribution < -0.4 is 0 Å². The summed E-state index contributed by atoms with van der Waals surface area (Å²) in [5.41, 5.74) is 0. The van der Waals surface area contributed by atoms with Gasteiger partial charge in [-0.05, 0) is 6.92 Å². The second-order valence-corrected chi connectivity index (χ2v) is 3.43. The van der Waals surface area contributed by atoms with E-state index >= 15 is 0 Å². The highest BCUT2D eigenvalue weighted by Crippen LogP contribution is 2.18. The quantitative estimate of drug-likeness (QED) is 0.635. The molecule has 0 radical (unpaired) electrons. The van der Waals surface area contributed by atoms with Gasteiger partial charge in [-0.2, -0.15) is 0 Å². The van der Waals surface area contributed by atoms with Gasteiger partial charge in [-0.1, -0.05) is 0 Å². The van der Waals surface area contributed by atoms with Gasteiger partial charge in [-0.25, -0.2) is 4.79 Å². The highest BCUT2D eigenvalue weighted by molar-refractivity contribution is 5.85. The van der Waals surface area contributed by atoms with Gasteiger partial charge in [0.25, 0.3) is 0 Å². The van der Waals surface area contributed by atoms with Crippen molar-refractivity contribution >= 4 is 11.9 Å². The lowest BCUT2D eigenvalue weighted by Crippen LogP contribution is -2.42. The number of nitrogens with zero attached hydrogens (tertiary/aromatic N) is 1. The molecule has 1 rings (SSSR count). The lowest BCUT2D eigenvalue weighted by molar-refractivity contribution is -0.150. The number of amides is 1. The highest BCUT2D eigenvalue weighted by atomic mass is 16.5. The number of β-amino-alcohol motifs (C(OH)–C–C–N with tert-alkyl or cyclic N) is 1. The third-order valence-electron chi connectivity index (χ3n) is 2.31. The topological polar surface area (TPSA) is 87.1 Å². The molecular weight excluding hydrogens is 202 g/mol. The van der Waals surface area contributed by atoms with E-state index in [2.05, 4.69) is 0 Å². The van der Waals surface area contributed by atoms with Crippen molar-refractivity contribution in [2.45, 2.75) is 25.5 Å². The fourth-order valence-electron chi connectivity index (χ4n) is 1.60. The Bertz CT molecular complexity index is 255. The van der Waals surface area contributed by atoms with E-state index in [1.54, 1.807) is 6.92 Å². The largest absolute Gasteiger partial charge is 0.480 e. The summed E-state index contributed by atoms with van der Waals surface area (Å²) in [7, 11) is 0. The molecule has 2 atom stereocenters. The number of aliphatic hydroxyl groups excluding tert-OH is 1. The van der Waals surface area contributed by atoms with Crippen molar-refractivity contribution in [1.29, 1.82) is 0 Å². The second-order valence-electron chi connectivity index (χ2n) is 3.43. The average Bonchev–Trinajstić information content (AvgIpc) is 2.57. The van der Waals surface area contributed by atoms with Crippen molar-refractivity contribution in [3.05, 3.63) is 0 Å². The Morgan fingerprint density at radius 2 is 2.20 bits per heavy atom. The summed E-state index contributed by atoms with van der Waals surface area (Å²) in [6, 6.07) is -0.923. The summed E-state index contributed by atoms with van der Waals surface area (Å²) in [4.78, 5) is 23.4. The number of hydrogen-bond donors (Lipinski definition) is 2. The molecule has 0 aromatic rings. The van der Waals surface area contributed by atoms with Crippen molar-refractivity contribution in [2.24, 2.45) is 0 Å². The summed E-state index contributed by atoms with van der Waals surface area (Å²) in [6.45, 7) is 2.09. The fraction of sp³-hybridized carbons (Fsp3) is 0.778. The monoisotopic (exact) mass is 217 g/mol. The maximum atomic E-state index is 11.5. The molecule has 0 aliphatic carbocycles. The minimum atomic E-state index is -1.09. The van der Waals surface area contributed by atoms with Crippen LogP contribution in [-0.2, 0) is 14.3 Å².